The second kappa shape index (κ2) is 14.9. The Kier molecular flexibility index (Phi) is 9.58. The van der Waals surface area contributed by atoms with E-state index in [4.69, 9.17) is 0 Å². The van der Waals surface area contributed by atoms with Gasteiger partial charge in [0.25, 0.3) is 6.71 Å². The van der Waals surface area contributed by atoms with Gasteiger partial charge in [0.1, 0.15) is 0 Å². The van der Waals surface area contributed by atoms with E-state index >= 15 is 0 Å². The highest BCUT2D eigenvalue weighted by Crippen LogP contribution is 2.63. The second-order valence-electron chi connectivity index (χ2n) is 24.7. The highest BCUT2D eigenvalue weighted by atomic mass is 32.1. The monoisotopic (exact) mass is 922 g/mol. The summed E-state index contributed by atoms with van der Waals surface area (Å²) in [6, 6.07) is 50.6. The maximum absolute atomic E-state index is 2.84. The lowest BCUT2D eigenvalue weighted by atomic mass is 9.33. The van der Waals surface area contributed by atoms with Crippen LogP contribution in [0, 0.1) is 13.8 Å². The molecule has 0 saturated heterocycles. The molecule has 4 heterocycles. The summed E-state index contributed by atoms with van der Waals surface area (Å²) in [6.07, 6.45) is 4.82. The first-order valence-corrected chi connectivity index (χ1v) is 26.5. The van der Waals surface area contributed by atoms with E-state index in [2.05, 4.69) is 232 Å². The number of nitrogens with zero attached hydrogens (tertiary/aromatic N) is 3. The van der Waals surface area contributed by atoms with Crippen LogP contribution in [0.15, 0.2) is 127 Å². The molecule has 3 aliphatic heterocycles. The Labute approximate surface area is 416 Å². The van der Waals surface area contributed by atoms with Gasteiger partial charge >= 0.3 is 0 Å². The lowest BCUT2D eigenvalue weighted by Crippen LogP contribution is -2.61. The normalized spacial score (nSPS) is 19.7. The van der Waals surface area contributed by atoms with E-state index in [1.54, 1.807) is 5.56 Å². The van der Waals surface area contributed by atoms with Crippen molar-refractivity contribution >= 4 is 100 Å². The second-order valence-corrected chi connectivity index (χ2v) is 25.8. The molecule has 0 bridgehead atoms. The van der Waals surface area contributed by atoms with Crippen LogP contribution < -0.4 is 31.1 Å². The van der Waals surface area contributed by atoms with Crippen LogP contribution in [0.25, 0.3) is 20.2 Å². The summed E-state index contributed by atoms with van der Waals surface area (Å²) in [7, 11) is 0. The van der Waals surface area contributed by atoms with Crippen molar-refractivity contribution in [2.75, 3.05) is 14.7 Å². The van der Waals surface area contributed by atoms with Crippen LogP contribution in [0.2, 0.25) is 0 Å². The molecular formula is C64H68BN3S. The fourth-order valence-electron chi connectivity index (χ4n) is 13.4. The highest BCUT2D eigenvalue weighted by molar-refractivity contribution is 7.26. The van der Waals surface area contributed by atoms with Crippen molar-refractivity contribution in [2.45, 2.75) is 143 Å². The maximum atomic E-state index is 2.84. The molecule has 1 saturated carbocycles. The molecule has 3 nitrogen and oxygen atoms in total. The van der Waals surface area contributed by atoms with Crippen molar-refractivity contribution in [3.63, 3.8) is 0 Å². The lowest BCUT2D eigenvalue weighted by Gasteiger charge is -2.51. The van der Waals surface area contributed by atoms with E-state index in [1.807, 2.05) is 11.3 Å². The number of aryl methyl sites for hydroxylation is 2. The summed E-state index contributed by atoms with van der Waals surface area (Å²) in [5.41, 5.74) is 22.4. The van der Waals surface area contributed by atoms with Crippen LogP contribution >= 0.6 is 11.3 Å². The molecule has 4 aliphatic rings. The molecule has 7 aromatic carbocycles. The molecule has 0 spiro atoms. The Hall–Kier alpha value is -5.78. The summed E-state index contributed by atoms with van der Waals surface area (Å²) >= 11 is 1.93. The predicted octanol–water partition coefficient (Wildman–Crippen LogP) is 16.4. The number of benzene rings is 7. The molecule has 1 fully saturated rings. The fraction of sp³-hybridized carbons (Fsp3) is 0.344. The van der Waals surface area contributed by atoms with Crippen LogP contribution in [0.4, 0.5) is 45.5 Å². The van der Waals surface area contributed by atoms with E-state index in [9.17, 15) is 0 Å². The lowest BCUT2D eigenvalue weighted by molar-refractivity contribution is 0.194. The minimum atomic E-state index is -0.127. The Balaban J connectivity index is 1.25. The Morgan fingerprint density at radius 3 is 1.78 bits per heavy atom. The fourth-order valence-corrected chi connectivity index (χ4v) is 14.6. The number of hydrogen-bond acceptors (Lipinski definition) is 4. The number of thiophene rings is 1. The van der Waals surface area contributed by atoms with Crippen molar-refractivity contribution in [1.82, 2.24) is 0 Å². The quantitative estimate of drug-likeness (QED) is 0.164. The van der Waals surface area contributed by atoms with Gasteiger partial charge in [-0.2, -0.15) is 0 Å². The van der Waals surface area contributed by atoms with Crippen molar-refractivity contribution in [3.8, 4) is 0 Å². The molecule has 69 heavy (non-hydrogen) atoms. The Morgan fingerprint density at radius 2 is 1.10 bits per heavy atom. The van der Waals surface area contributed by atoms with Crippen LogP contribution in [-0.2, 0) is 21.7 Å². The summed E-state index contributed by atoms with van der Waals surface area (Å²) in [5, 5.41) is 2.64. The molecule has 0 radical (unpaired) electrons. The van der Waals surface area contributed by atoms with Crippen molar-refractivity contribution in [2.24, 2.45) is 0 Å². The van der Waals surface area contributed by atoms with Gasteiger partial charge in [0.2, 0.25) is 0 Å². The predicted molar refractivity (Wildman–Crippen MR) is 302 cm³/mol. The SMILES string of the molecule is Cc1cc(C)c2c(c1)N(c1cc3c4c(c1)N(c1cccc5c1sc1ccccc15)c1cc(C(C)(C)C)ccc1B4c1ccc(C(C)(C)C)cc1N3c1cccc(C(C)(C)C)c1)C1(C)CCCCC21C. The average Bonchev–Trinajstić information content (AvgIpc) is 3.77. The zero-order valence-electron chi connectivity index (χ0n) is 43.3. The van der Waals surface area contributed by atoms with E-state index in [1.165, 1.54) is 129 Å². The van der Waals surface area contributed by atoms with E-state index < -0.39 is 0 Å². The van der Waals surface area contributed by atoms with Crippen LogP contribution in [0.5, 0.6) is 0 Å². The molecule has 2 atom stereocenters. The average molecular weight is 922 g/mol. The van der Waals surface area contributed by atoms with Gasteiger partial charge in [-0.3, -0.25) is 0 Å². The molecule has 0 N–H and O–H groups in total. The third-order valence-electron chi connectivity index (χ3n) is 17.2. The molecule has 348 valence electrons. The van der Waals surface area contributed by atoms with Gasteiger partial charge in [-0.15, -0.1) is 11.3 Å². The van der Waals surface area contributed by atoms with E-state index in [0.29, 0.717) is 0 Å². The topological polar surface area (TPSA) is 9.72 Å². The molecule has 0 amide bonds. The first-order chi connectivity index (χ1) is 32.7. The van der Waals surface area contributed by atoms with Crippen LogP contribution in [0.3, 0.4) is 0 Å². The van der Waals surface area contributed by atoms with Crippen molar-refractivity contribution in [1.29, 1.82) is 0 Å². The van der Waals surface area contributed by atoms with Gasteiger partial charge in [0.15, 0.2) is 0 Å². The van der Waals surface area contributed by atoms with Gasteiger partial charge in [0.05, 0.1) is 15.9 Å². The standard InChI is InChI=1S/C64H68BN3S/c1-39-32-40(2)57-53(33-39)68(64(13)31-17-16-30-63(57,64)12)45-37-54-58-55(38-45)67(50-24-19-23-47-46-22-14-15-25-56(46)69-59(47)50)52-36-43(62(9,10)11)27-29-49(52)65(58)48-28-26-42(61(6,7)8)35-51(48)66(54)44-21-18-20-41(34-44)60(3,4)5/h14-15,18-29,32-38H,16-17,30-31H2,1-13H3. The number of hydrogen-bond donors (Lipinski definition) is 0. The summed E-state index contributed by atoms with van der Waals surface area (Å²) in [5.74, 6) is 0. The summed E-state index contributed by atoms with van der Waals surface area (Å²) in [4.78, 5) is 8.23. The minimum Gasteiger partial charge on any atom is -0.334 e. The molecule has 5 heteroatoms. The minimum absolute atomic E-state index is 0.000457. The van der Waals surface area contributed by atoms with Gasteiger partial charge in [0, 0.05) is 60.7 Å². The van der Waals surface area contributed by atoms with Crippen molar-refractivity contribution < 1.29 is 0 Å². The van der Waals surface area contributed by atoms with E-state index in [-0.39, 0.29) is 33.9 Å². The maximum Gasteiger partial charge on any atom is 0.252 e. The van der Waals surface area contributed by atoms with Gasteiger partial charge < -0.3 is 14.7 Å². The number of anilines is 8. The number of fused-ring (bicyclic) bond motifs is 10. The molecule has 1 aliphatic carbocycles. The van der Waals surface area contributed by atoms with Gasteiger partial charge in [-0.05, 0) is 154 Å². The Morgan fingerprint density at radius 1 is 0.507 bits per heavy atom. The third-order valence-corrected chi connectivity index (χ3v) is 18.4. The van der Waals surface area contributed by atoms with Crippen LogP contribution in [-0.4, -0.2) is 12.3 Å². The molecule has 1 aromatic heterocycles. The van der Waals surface area contributed by atoms with Gasteiger partial charge in [-0.25, -0.2) is 0 Å². The molecule has 8 aromatic rings. The first kappa shape index (κ1) is 44.4. The van der Waals surface area contributed by atoms with Crippen LogP contribution in [0.1, 0.15) is 135 Å². The summed E-state index contributed by atoms with van der Waals surface area (Å²) < 4.78 is 2.65. The smallest absolute Gasteiger partial charge is 0.252 e. The highest BCUT2D eigenvalue weighted by Gasteiger charge is 2.59. The zero-order chi connectivity index (χ0) is 48.3. The van der Waals surface area contributed by atoms with Crippen molar-refractivity contribution in [3.05, 3.63) is 161 Å². The number of rotatable bonds is 3. The molecule has 2 unspecified atom stereocenters. The first-order valence-electron chi connectivity index (χ1n) is 25.7. The third kappa shape index (κ3) is 6.44. The summed E-state index contributed by atoms with van der Waals surface area (Å²) in [6.45, 7) is 31.1. The van der Waals surface area contributed by atoms with Gasteiger partial charge in [-0.1, -0.05) is 155 Å². The largest absolute Gasteiger partial charge is 0.334 e. The molecular weight excluding hydrogens is 854 g/mol. The zero-order valence-corrected chi connectivity index (χ0v) is 44.1. The van der Waals surface area contributed by atoms with E-state index in [0.717, 1.165) is 6.42 Å². The molecule has 12 rings (SSSR count). The Bertz CT molecular complexity index is 3450.